The van der Waals surface area contributed by atoms with Gasteiger partial charge in [0.15, 0.2) is 0 Å². The van der Waals surface area contributed by atoms with Crippen molar-refractivity contribution in [3.8, 4) is 0 Å². The number of ketones is 2. The predicted octanol–water partition coefficient (Wildman–Crippen LogP) is 1.68. The van der Waals surface area contributed by atoms with E-state index in [-0.39, 0.29) is 43.7 Å². The molecule has 0 spiro atoms. The number of benzene rings is 1. The molecule has 1 aliphatic carbocycles. The summed E-state index contributed by atoms with van der Waals surface area (Å²) < 4.78 is 0. The van der Waals surface area contributed by atoms with Crippen LogP contribution < -0.4 is 0 Å². The number of Topliss-reactive ketones (excluding diaryl/α,β-unsaturated/α-hetero) is 2. The van der Waals surface area contributed by atoms with Crippen LogP contribution in [0.2, 0.25) is 0 Å². The van der Waals surface area contributed by atoms with Crippen molar-refractivity contribution < 1.29 is 24.9 Å². The summed E-state index contributed by atoms with van der Waals surface area (Å²) in [5.74, 6) is 0.270. The Bertz CT molecular complexity index is 551. The van der Waals surface area contributed by atoms with Crippen LogP contribution >= 0.6 is 0 Å². The molecule has 5 nitrogen and oxygen atoms in total. The highest BCUT2D eigenvalue weighted by Gasteiger charge is 2.26. The van der Waals surface area contributed by atoms with E-state index < -0.39 is 5.41 Å². The van der Waals surface area contributed by atoms with E-state index in [0.29, 0.717) is 12.8 Å². The number of rotatable bonds is 4. The fourth-order valence-electron chi connectivity index (χ4n) is 2.39. The summed E-state index contributed by atoms with van der Waals surface area (Å²) in [7, 11) is 0. The van der Waals surface area contributed by atoms with Crippen molar-refractivity contribution in [3.05, 3.63) is 34.9 Å². The average Bonchev–Trinajstić information content (AvgIpc) is 2.56. The lowest BCUT2D eigenvalue weighted by Crippen LogP contribution is -2.29. The third-order valence-corrected chi connectivity index (χ3v) is 4.49. The molecule has 1 aliphatic rings. The zero-order valence-electron chi connectivity index (χ0n) is 14.7. The SMILES string of the molecule is CC(CO)(CO)CO.Cc1ccc(C2CC(=O)CC(=O)C2)cc1C. The molecule has 0 amide bonds. The minimum absolute atomic E-state index is 0.0829. The van der Waals surface area contributed by atoms with E-state index in [2.05, 4.69) is 26.0 Å². The molecule has 0 unspecified atom stereocenters. The summed E-state index contributed by atoms with van der Waals surface area (Å²) in [5, 5.41) is 25.4. The van der Waals surface area contributed by atoms with Gasteiger partial charge < -0.3 is 15.3 Å². The topological polar surface area (TPSA) is 94.8 Å². The van der Waals surface area contributed by atoms with E-state index in [1.807, 2.05) is 6.07 Å². The average molecular weight is 336 g/mol. The molecule has 1 fully saturated rings. The lowest BCUT2D eigenvalue weighted by Gasteiger charge is -2.21. The standard InChI is InChI=1S/C14H16O2.C5H12O3/c1-9-3-4-11(5-10(9)2)12-6-13(15)8-14(16)7-12;1-5(2-6,3-7)4-8/h3-5,12H,6-8H2,1-2H3;6-8H,2-4H2,1H3. The van der Waals surface area contributed by atoms with Crippen LogP contribution in [0.1, 0.15) is 48.8 Å². The second kappa shape index (κ2) is 9.06. The van der Waals surface area contributed by atoms with E-state index >= 15 is 0 Å². The Balaban J connectivity index is 0.000000307. The van der Waals surface area contributed by atoms with Crippen molar-refractivity contribution in [2.24, 2.45) is 5.41 Å². The normalized spacial score (nSPS) is 15.9. The van der Waals surface area contributed by atoms with Crippen LogP contribution in [-0.4, -0.2) is 46.7 Å². The van der Waals surface area contributed by atoms with E-state index in [1.54, 1.807) is 6.92 Å². The Hall–Kier alpha value is -1.56. The first-order valence-corrected chi connectivity index (χ1v) is 8.18. The second-order valence-electron chi connectivity index (χ2n) is 6.99. The number of hydrogen-bond acceptors (Lipinski definition) is 5. The van der Waals surface area contributed by atoms with Gasteiger partial charge in [-0.1, -0.05) is 25.1 Å². The van der Waals surface area contributed by atoms with Gasteiger partial charge in [-0.3, -0.25) is 9.59 Å². The Morgan fingerprint density at radius 2 is 1.46 bits per heavy atom. The highest BCUT2D eigenvalue weighted by Crippen LogP contribution is 2.30. The minimum Gasteiger partial charge on any atom is -0.396 e. The van der Waals surface area contributed by atoms with Crippen LogP contribution in [0.3, 0.4) is 0 Å². The first kappa shape index (κ1) is 20.5. The molecule has 134 valence electrons. The Morgan fingerprint density at radius 3 is 1.83 bits per heavy atom. The Morgan fingerprint density at radius 1 is 0.958 bits per heavy atom. The first-order valence-electron chi connectivity index (χ1n) is 8.18. The number of carbonyl (C=O) groups is 2. The largest absolute Gasteiger partial charge is 0.396 e. The molecule has 0 bridgehead atoms. The van der Waals surface area contributed by atoms with Gasteiger partial charge in [-0.2, -0.15) is 0 Å². The highest BCUT2D eigenvalue weighted by molar-refractivity contribution is 6.02. The molecule has 5 heteroatoms. The molecular weight excluding hydrogens is 308 g/mol. The van der Waals surface area contributed by atoms with Gasteiger partial charge in [-0.15, -0.1) is 0 Å². The van der Waals surface area contributed by atoms with Gasteiger partial charge in [0.25, 0.3) is 0 Å². The van der Waals surface area contributed by atoms with Gasteiger partial charge in [0.2, 0.25) is 0 Å². The third-order valence-electron chi connectivity index (χ3n) is 4.49. The maximum atomic E-state index is 11.4. The van der Waals surface area contributed by atoms with Crippen molar-refractivity contribution in [2.75, 3.05) is 19.8 Å². The number of aliphatic hydroxyl groups is 3. The summed E-state index contributed by atoms with van der Waals surface area (Å²) in [6.07, 6.45) is 1.18. The molecule has 1 aromatic carbocycles. The van der Waals surface area contributed by atoms with Gasteiger partial charge in [-0.05, 0) is 36.5 Å². The van der Waals surface area contributed by atoms with Crippen molar-refractivity contribution in [3.63, 3.8) is 0 Å². The van der Waals surface area contributed by atoms with E-state index in [0.717, 1.165) is 5.56 Å². The van der Waals surface area contributed by atoms with Gasteiger partial charge in [-0.25, -0.2) is 0 Å². The van der Waals surface area contributed by atoms with Crippen molar-refractivity contribution in [2.45, 2.75) is 46.0 Å². The fraction of sp³-hybridized carbons (Fsp3) is 0.579. The molecule has 0 saturated heterocycles. The summed E-state index contributed by atoms with van der Waals surface area (Å²) in [5.41, 5.74) is 2.89. The van der Waals surface area contributed by atoms with Crippen molar-refractivity contribution >= 4 is 11.6 Å². The Kier molecular flexibility index (Phi) is 7.73. The van der Waals surface area contributed by atoms with Crippen LogP contribution in [0.5, 0.6) is 0 Å². The molecule has 3 N–H and O–H groups in total. The smallest absolute Gasteiger partial charge is 0.140 e. The first-order chi connectivity index (χ1) is 11.2. The number of aliphatic hydroxyl groups excluding tert-OH is 3. The number of hydrogen-bond donors (Lipinski definition) is 3. The maximum absolute atomic E-state index is 11.4. The zero-order valence-corrected chi connectivity index (χ0v) is 14.7. The fourth-order valence-corrected chi connectivity index (χ4v) is 2.39. The van der Waals surface area contributed by atoms with Gasteiger partial charge >= 0.3 is 0 Å². The summed E-state index contributed by atoms with van der Waals surface area (Å²) in [4.78, 5) is 22.8. The van der Waals surface area contributed by atoms with Gasteiger partial charge in [0, 0.05) is 18.3 Å². The maximum Gasteiger partial charge on any atom is 0.140 e. The quantitative estimate of drug-likeness (QED) is 0.727. The molecule has 0 radical (unpaired) electrons. The summed E-state index contributed by atoms with van der Waals surface area (Å²) >= 11 is 0. The highest BCUT2D eigenvalue weighted by atomic mass is 16.3. The van der Waals surface area contributed by atoms with E-state index in [9.17, 15) is 9.59 Å². The molecule has 0 aromatic heterocycles. The predicted molar refractivity (Wildman–Crippen MR) is 91.9 cm³/mol. The Labute approximate surface area is 143 Å². The van der Waals surface area contributed by atoms with E-state index in [4.69, 9.17) is 15.3 Å². The van der Waals surface area contributed by atoms with Crippen LogP contribution in [0.15, 0.2) is 18.2 Å². The van der Waals surface area contributed by atoms with Gasteiger partial charge in [0.1, 0.15) is 11.6 Å². The zero-order chi connectivity index (χ0) is 18.3. The minimum atomic E-state index is -0.708. The third kappa shape index (κ3) is 5.82. The summed E-state index contributed by atoms with van der Waals surface area (Å²) in [6.45, 7) is 5.19. The molecule has 1 aromatic rings. The monoisotopic (exact) mass is 336 g/mol. The molecule has 2 rings (SSSR count). The van der Waals surface area contributed by atoms with Gasteiger partial charge in [0.05, 0.1) is 26.2 Å². The van der Waals surface area contributed by atoms with Crippen LogP contribution in [0.4, 0.5) is 0 Å². The summed E-state index contributed by atoms with van der Waals surface area (Å²) in [6, 6.07) is 6.21. The van der Waals surface area contributed by atoms with Crippen LogP contribution in [0.25, 0.3) is 0 Å². The molecule has 0 heterocycles. The molecule has 24 heavy (non-hydrogen) atoms. The number of aryl methyl sites for hydroxylation is 2. The lowest BCUT2D eigenvalue weighted by atomic mass is 9.82. The van der Waals surface area contributed by atoms with Crippen molar-refractivity contribution in [1.82, 2.24) is 0 Å². The molecule has 0 aliphatic heterocycles. The van der Waals surface area contributed by atoms with E-state index in [1.165, 1.54) is 11.1 Å². The molecule has 0 atom stereocenters. The lowest BCUT2D eigenvalue weighted by molar-refractivity contribution is -0.130. The molecule has 1 saturated carbocycles. The molecular formula is C19H28O5. The second-order valence-corrected chi connectivity index (χ2v) is 6.99. The number of carbonyl (C=O) groups excluding carboxylic acids is 2. The van der Waals surface area contributed by atoms with Crippen molar-refractivity contribution in [1.29, 1.82) is 0 Å². The van der Waals surface area contributed by atoms with Crippen LogP contribution in [0, 0.1) is 19.3 Å². The van der Waals surface area contributed by atoms with Crippen LogP contribution in [-0.2, 0) is 9.59 Å².